The average molecular weight is 379 g/mol. The number of urea groups is 1. The first-order valence-electron chi connectivity index (χ1n) is 9.56. The Labute approximate surface area is 164 Å². The van der Waals surface area contributed by atoms with Gasteiger partial charge in [0.2, 0.25) is 0 Å². The first-order valence-corrected chi connectivity index (χ1v) is 9.56. The normalized spacial score (nSPS) is 17.0. The number of rotatable bonds is 3. The summed E-state index contributed by atoms with van der Waals surface area (Å²) in [6.45, 7) is 5.22. The van der Waals surface area contributed by atoms with E-state index < -0.39 is 0 Å². The number of aryl methyl sites for hydroxylation is 2. The van der Waals surface area contributed by atoms with Gasteiger partial charge in [0.1, 0.15) is 11.6 Å². The molecule has 1 aliphatic heterocycles. The molecule has 146 valence electrons. The van der Waals surface area contributed by atoms with E-state index in [2.05, 4.69) is 25.6 Å². The van der Waals surface area contributed by atoms with Crippen LogP contribution in [-0.4, -0.2) is 49.0 Å². The van der Waals surface area contributed by atoms with Crippen LogP contribution in [0.1, 0.15) is 36.0 Å². The van der Waals surface area contributed by atoms with Crippen molar-refractivity contribution in [1.29, 1.82) is 0 Å². The number of benzene rings is 1. The number of nitrogens with one attached hydrogen (secondary N) is 2. The van der Waals surface area contributed by atoms with Crippen molar-refractivity contribution in [3.05, 3.63) is 47.5 Å². The maximum absolute atomic E-state index is 12.9. The van der Waals surface area contributed by atoms with Crippen LogP contribution < -0.4 is 5.32 Å². The van der Waals surface area contributed by atoms with Gasteiger partial charge in [-0.2, -0.15) is 10.2 Å². The van der Waals surface area contributed by atoms with Crippen LogP contribution in [-0.2, 0) is 7.05 Å². The average Bonchev–Trinajstić information content (AvgIpc) is 3.27. The van der Waals surface area contributed by atoms with Gasteiger partial charge >= 0.3 is 6.03 Å². The number of H-pyrrole nitrogens is 1. The molecule has 1 saturated heterocycles. The highest BCUT2D eigenvalue weighted by Crippen LogP contribution is 2.29. The van der Waals surface area contributed by atoms with Gasteiger partial charge in [-0.15, -0.1) is 0 Å². The van der Waals surface area contributed by atoms with E-state index in [1.807, 2.05) is 56.1 Å². The number of nitrogens with zero attached hydrogens (tertiary/aromatic N) is 5. The molecule has 2 N–H and O–H groups in total. The molecule has 8 heteroatoms. The van der Waals surface area contributed by atoms with Crippen LogP contribution in [0.4, 0.5) is 10.6 Å². The molecule has 3 aromatic rings. The Bertz CT molecular complexity index is 976. The largest absolute Gasteiger partial charge is 0.324 e. The molecule has 0 saturated carbocycles. The molecule has 1 aromatic carbocycles. The molecule has 4 rings (SSSR count). The summed E-state index contributed by atoms with van der Waals surface area (Å²) in [5, 5.41) is 14.8. The number of hydrogen-bond donors (Lipinski definition) is 2. The predicted octanol–water partition coefficient (Wildman–Crippen LogP) is 3.23. The second-order valence-corrected chi connectivity index (χ2v) is 7.31. The lowest BCUT2D eigenvalue weighted by atomic mass is 9.98. The number of anilines is 1. The van der Waals surface area contributed by atoms with Crippen molar-refractivity contribution in [2.24, 2.45) is 7.05 Å². The molecule has 1 fully saturated rings. The van der Waals surface area contributed by atoms with E-state index in [1.54, 1.807) is 4.68 Å². The molecular formula is C20H25N7O. The van der Waals surface area contributed by atoms with Crippen LogP contribution in [0.25, 0.3) is 11.3 Å². The number of piperidine rings is 1. The number of amides is 2. The molecule has 0 aliphatic carbocycles. The van der Waals surface area contributed by atoms with Crippen molar-refractivity contribution in [2.45, 2.75) is 32.6 Å². The highest BCUT2D eigenvalue weighted by atomic mass is 16.2. The Kier molecular flexibility index (Phi) is 4.85. The number of carbonyl (C=O) groups is 1. The van der Waals surface area contributed by atoms with Crippen molar-refractivity contribution < 1.29 is 4.79 Å². The maximum atomic E-state index is 12.9. The molecule has 3 heterocycles. The minimum absolute atomic E-state index is 0.109. The van der Waals surface area contributed by atoms with Crippen molar-refractivity contribution in [3.63, 3.8) is 0 Å². The summed E-state index contributed by atoms with van der Waals surface area (Å²) in [6, 6.07) is 9.89. The molecule has 28 heavy (non-hydrogen) atoms. The Morgan fingerprint density at radius 1 is 1.25 bits per heavy atom. The minimum atomic E-state index is -0.109. The van der Waals surface area contributed by atoms with Crippen molar-refractivity contribution in [2.75, 3.05) is 18.4 Å². The van der Waals surface area contributed by atoms with E-state index in [-0.39, 0.29) is 11.9 Å². The molecule has 0 bridgehead atoms. The zero-order chi connectivity index (χ0) is 19.7. The van der Waals surface area contributed by atoms with Crippen molar-refractivity contribution in [1.82, 2.24) is 29.9 Å². The second kappa shape index (κ2) is 7.46. The fourth-order valence-electron chi connectivity index (χ4n) is 3.77. The fourth-order valence-corrected chi connectivity index (χ4v) is 3.77. The molecular weight excluding hydrogens is 354 g/mol. The molecule has 1 aliphatic rings. The van der Waals surface area contributed by atoms with Gasteiger partial charge in [0.05, 0.1) is 5.69 Å². The summed E-state index contributed by atoms with van der Waals surface area (Å²) >= 11 is 0. The van der Waals surface area contributed by atoms with Gasteiger partial charge in [-0.3, -0.25) is 15.1 Å². The third-order valence-electron chi connectivity index (χ3n) is 5.24. The Hall–Kier alpha value is -3.16. The van der Waals surface area contributed by atoms with Crippen molar-refractivity contribution >= 4 is 11.8 Å². The van der Waals surface area contributed by atoms with Gasteiger partial charge in [0, 0.05) is 37.2 Å². The Morgan fingerprint density at radius 3 is 2.75 bits per heavy atom. The topological polar surface area (TPSA) is 91.7 Å². The van der Waals surface area contributed by atoms with Crippen LogP contribution in [0.3, 0.4) is 0 Å². The predicted molar refractivity (Wildman–Crippen MR) is 107 cm³/mol. The van der Waals surface area contributed by atoms with Gasteiger partial charge < -0.3 is 4.90 Å². The summed E-state index contributed by atoms with van der Waals surface area (Å²) in [5.41, 5.74) is 2.88. The summed E-state index contributed by atoms with van der Waals surface area (Å²) in [7, 11) is 1.85. The third-order valence-corrected chi connectivity index (χ3v) is 5.24. The van der Waals surface area contributed by atoms with Gasteiger partial charge in [0.25, 0.3) is 0 Å². The van der Waals surface area contributed by atoms with E-state index in [0.717, 1.165) is 53.7 Å². The van der Waals surface area contributed by atoms with Crippen LogP contribution in [0.15, 0.2) is 30.3 Å². The monoisotopic (exact) mass is 379 g/mol. The molecule has 0 spiro atoms. The molecule has 0 radical (unpaired) electrons. The lowest BCUT2D eigenvalue weighted by Crippen LogP contribution is -2.42. The standard InChI is InChI=1S/C20H25N7O/c1-13-17(15-8-5-4-6-9-15)25-26(3)19(13)22-20(28)27-11-7-10-16(12-27)18-21-14(2)23-24-18/h4-6,8-9,16H,7,10-12H2,1-3H3,(H,22,28)(H,21,23,24)/t16-/m1/s1. The lowest BCUT2D eigenvalue weighted by molar-refractivity contribution is 0.191. The molecule has 8 nitrogen and oxygen atoms in total. The highest BCUT2D eigenvalue weighted by molar-refractivity contribution is 5.90. The minimum Gasteiger partial charge on any atom is -0.324 e. The summed E-state index contributed by atoms with van der Waals surface area (Å²) < 4.78 is 1.73. The van der Waals surface area contributed by atoms with E-state index >= 15 is 0 Å². The molecule has 0 unspecified atom stereocenters. The quantitative estimate of drug-likeness (QED) is 0.731. The smallest absolute Gasteiger partial charge is 0.323 e. The summed E-state index contributed by atoms with van der Waals surface area (Å²) in [5.74, 6) is 2.48. The SMILES string of the molecule is Cc1nc([C@@H]2CCCN(C(=O)Nc3c(C)c(-c4ccccc4)nn3C)C2)n[nH]1. The maximum Gasteiger partial charge on any atom is 0.323 e. The van der Waals surface area contributed by atoms with Gasteiger partial charge in [-0.05, 0) is 26.7 Å². The first-order chi connectivity index (χ1) is 13.5. The van der Waals surface area contributed by atoms with E-state index in [9.17, 15) is 4.79 Å². The zero-order valence-corrected chi connectivity index (χ0v) is 16.4. The molecule has 2 amide bonds. The van der Waals surface area contributed by atoms with Gasteiger partial charge in [-0.1, -0.05) is 30.3 Å². The Balaban J connectivity index is 1.50. The number of likely N-dealkylation sites (tertiary alicyclic amines) is 1. The van der Waals surface area contributed by atoms with Crippen LogP contribution in [0.5, 0.6) is 0 Å². The Morgan fingerprint density at radius 2 is 2.04 bits per heavy atom. The lowest BCUT2D eigenvalue weighted by Gasteiger charge is -2.31. The fraction of sp³-hybridized carbons (Fsp3) is 0.400. The number of aromatic nitrogens is 5. The molecule has 2 aromatic heterocycles. The summed E-state index contributed by atoms with van der Waals surface area (Å²) in [4.78, 5) is 19.2. The third kappa shape index (κ3) is 3.49. The second-order valence-electron chi connectivity index (χ2n) is 7.31. The van der Waals surface area contributed by atoms with Crippen LogP contribution >= 0.6 is 0 Å². The van der Waals surface area contributed by atoms with E-state index in [0.29, 0.717) is 6.54 Å². The van der Waals surface area contributed by atoms with E-state index in [1.165, 1.54) is 0 Å². The molecule has 1 atom stereocenters. The van der Waals surface area contributed by atoms with E-state index in [4.69, 9.17) is 0 Å². The highest BCUT2D eigenvalue weighted by Gasteiger charge is 2.28. The van der Waals surface area contributed by atoms with Crippen molar-refractivity contribution in [3.8, 4) is 11.3 Å². The number of hydrogen-bond acceptors (Lipinski definition) is 4. The number of aromatic amines is 1. The first kappa shape index (κ1) is 18.2. The van der Waals surface area contributed by atoms with Crippen LogP contribution in [0, 0.1) is 13.8 Å². The zero-order valence-electron chi connectivity index (χ0n) is 16.4. The van der Waals surface area contributed by atoms with Crippen LogP contribution in [0.2, 0.25) is 0 Å². The van der Waals surface area contributed by atoms with Gasteiger partial charge in [0.15, 0.2) is 5.82 Å². The van der Waals surface area contributed by atoms with Gasteiger partial charge in [-0.25, -0.2) is 9.78 Å². The number of carbonyl (C=O) groups excluding carboxylic acids is 1. The summed E-state index contributed by atoms with van der Waals surface area (Å²) in [6.07, 6.45) is 1.93.